The number of carbonyl (C=O) groups excluding carboxylic acids is 2. The Bertz CT molecular complexity index is 1610. The fourth-order valence-electron chi connectivity index (χ4n) is 6.39. The van der Waals surface area contributed by atoms with Crippen molar-refractivity contribution in [2.24, 2.45) is 0 Å². The van der Waals surface area contributed by atoms with Crippen LogP contribution in [0.25, 0.3) is 22.2 Å². The van der Waals surface area contributed by atoms with Gasteiger partial charge in [-0.15, -0.1) is 0 Å². The van der Waals surface area contributed by atoms with Gasteiger partial charge >= 0.3 is 0 Å². The molecule has 9 nitrogen and oxygen atoms in total. The second kappa shape index (κ2) is 9.91. The lowest BCUT2D eigenvalue weighted by Crippen LogP contribution is -2.51. The minimum absolute atomic E-state index is 0.0143. The van der Waals surface area contributed by atoms with Crippen LogP contribution in [0.5, 0.6) is 0 Å². The van der Waals surface area contributed by atoms with Crippen LogP contribution in [0.2, 0.25) is 0 Å². The Morgan fingerprint density at radius 3 is 2.68 bits per heavy atom. The largest absolute Gasteiger partial charge is 0.350 e. The first-order valence-electron chi connectivity index (χ1n) is 13.8. The van der Waals surface area contributed by atoms with E-state index in [9.17, 15) is 14.0 Å². The number of nitrogens with one attached hydrogen (secondary N) is 2. The van der Waals surface area contributed by atoms with Crippen molar-refractivity contribution >= 4 is 34.2 Å². The average molecular weight is 558 g/mol. The molecule has 7 rings (SSSR count). The monoisotopic (exact) mass is 557 g/mol. The highest BCUT2D eigenvalue weighted by Crippen LogP contribution is 2.35. The number of hydrogen-bond donors (Lipinski definition) is 2. The molecule has 3 saturated heterocycles. The molecule has 2 aromatic heterocycles. The topological polar surface area (TPSA) is 97.5 Å². The second-order valence-electron chi connectivity index (χ2n) is 11.1. The molecule has 3 aliphatic heterocycles. The number of aromatic nitrogens is 3. The summed E-state index contributed by atoms with van der Waals surface area (Å²) in [5.74, 6) is -0.174. The third-order valence-corrected chi connectivity index (χ3v) is 8.51. The predicted octanol–water partition coefficient (Wildman–Crippen LogP) is 3.61. The lowest BCUT2D eigenvalue weighted by Gasteiger charge is -2.35. The number of piperazine rings is 1. The predicted molar refractivity (Wildman–Crippen MR) is 151 cm³/mol. The molecule has 11 heteroatoms. The number of hydrogen-bond acceptors (Lipinski definition) is 6. The Kier molecular flexibility index (Phi) is 6.19. The lowest BCUT2D eigenvalue weighted by atomic mass is 10.0. The van der Waals surface area contributed by atoms with E-state index in [4.69, 9.17) is 0 Å². The molecule has 3 fully saturated rings. The van der Waals surface area contributed by atoms with E-state index in [1.165, 1.54) is 12.1 Å². The summed E-state index contributed by atoms with van der Waals surface area (Å²) in [6, 6.07) is 17.3. The van der Waals surface area contributed by atoms with Crippen LogP contribution in [-0.2, 0) is 9.59 Å². The fourth-order valence-corrected chi connectivity index (χ4v) is 6.39. The molecule has 0 spiro atoms. The molecule has 0 radical (unpaired) electrons. The third-order valence-electron chi connectivity index (χ3n) is 8.51. The molecule has 2 amide bonds. The van der Waals surface area contributed by atoms with Crippen molar-refractivity contribution in [1.82, 2.24) is 25.0 Å². The number of rotatable bonds is 6. The van der Waals surface area contributed by atoms with Gasteiger partial charge in [0.2, 0.25) is 11.6 Å². The van der Waals surface area contributed by atoms with E-state index in [-0.39, 0.29) is 43.3 Å². The van der Waals surface area contributed by atoms with Gasteiger partial charge in [0.25, 0.3) is 5.91 Å². The first kappa shape index (κ1) is 25.6. The zero-order valence-electron chi connectivity index (χ0n) is 22.3. The van der Waals surface area contributed by atoms with Gasteiger partial charge < -0.3 is 15.1 Å². The van der Waals surface area contributed by atoms with Gasteiger partial charge in [0.1, 0.15) is 11.6 Å². The number of alkyl halides is 1. The van der Waals surface area contributed by atoms with E-state index in [1.54, 1.807) is 41.4 Å². The van der Waals surface area contributed by atoms with Crippen LogP contribution in [0.15, 0.2) is 66.9 Å². The summed E-state index contributed by atoms with van der Waals surface area (Å²) in [6.07, 6.45) is 2.69. The zero-order chi connectivity index (χ0) is 28.1. The zero-order valence-corrected chi connectivity index (χ0v) is 22.3. The molecule has 3 aliphatic rings. The van der Waals surface area contributed by atoms with Crippen molar-refractivity contribution in [2.45, 2.75) is 30.6 Å². The SMILES string of the molecule is O=C(CN1CCC(F)(C(=O)Nc2ccc3[nH]nc(-c4ccc(F)cc4)c3c2)C1)N1C[C@@H]2C[C@H]1CN2c1ccccn1. The number of nitrogens with zero attached hydrogens (tertiary/aromatic N) is 5. The first-order chi connectivity index (χ1) is 19.9. The molecule has 2 aromatic carbocycles. The molecule has 5 heterocycles. The minimum atomic E-state index is -2.11. The summed E-state index contributed by atoms with van der Waals surface area (Å²) in [6.45, 7) is 1.65. The van der Waals surface area contributed by atoms with Crippen molar-refractivity contribution in [2.75, 3.05) is 42.9 Å². The van der Waals surface area contributed by atoms with E-state index < -0.39 is 11.6 Å². The Balaban J connectivity index is 0.975. The molecule has 2 N–H and O–H groups in total. The number of pyridine rings is 1. The molecule has 0 saturated carbocycles. The van der Waals surface area contributed by atoms with Gasteiger partial charge in [-0.2, -0.15) is 5.10 Å². The van der Waals surface area contributed by atoms with Crippen LogP contribution in [0.3, 0.4) is 0 Å². The summed E-state index contributed by atoms with van der Waals surface area (Å²) >= 11 is 0. The fraction of sp³-hybridized carbons (Fsp3) is 0.333. The van der Waals surface area contributed by atoms with Crippen LogP contribution >= 0.6 is 0 Å². The molecule has 4 aromatic rings. The van der Waals surface area contributed by atoms with Gasteiger partial charge in [-0.05, 0) is 61.0 Å². The van der Waals surface area contributed by atoms with Crippen LogP contribution in [0.4, 0.5) is 20.3 Å². The first-order valence-corrected chi connectivity index (χ1v) is 13.8. The molecule has 3 atom stereocenters. The summed E-state index contributed by atoms with van der Waals surface area (Å²) in [4.78, 5) is 36.6. The maximum Gasteiger partial charge on any atom is 0.263 e. The Morgan fingerprint density at radius 1 is 1.07 bits per heavy atom. The smallest absolute Gasteiger partial charge is 0.263 e. The number of anilines is 2. The van der Waals surface area contributed by atoms with Crippen molar-refractivity contribution in [3.8, 4) is 11.3 Å². The summed E-state index contributed by atoms with van der Waals surface area (Å²) in [7, 11) is 0. The highest BCUT2D eigenvalue weighted by atomic mass is 19.1. The second-order valence-corrected chi connectivity index (χ2v) is 11.1. The Morgan fingerprint density at radius 2 is 1.93 bits per heavy atom. The van der Waals surface area contributed by atoms with Gasteiger partial charge in [0.15, 0.2) is 0 Å². The summed E-state index contributed by atoms with van der Waals surface area (Å²) in [5, 5.41) is 10.7. The highest BCUT2D eigenvalue weighted by molar-refractivity contribution is 6.01. The molecule has 2 bridgehead atoms. The number of halogens is 2. The van der Waals surface area contributed by atoms with Gasteiger partial charge in [0.05, 0.1) is 29.8 Å². The van der Waals surface area contributed by atoms with E-state index in [0.717, 1.165) is 35.2 Å². The quantitative estimate of drug-likeness (QED) is 0.376. The van der Waals surface area contributed by atoms with Gasteiger partial charge in [-0.3, -0.25) is 19.6 Å². The van der Waals surface area contributed by atoms with Crippen LogP contribution in [0.1, 0.15) is 12.8 Å². The summed E-state index contributed by atoms with van der Waals surface area (Å²) < 4.78 is 29.2. The molecule has 0 aliphatic carbocycles. The number of benzene rings is 2. The van der Waals surface area contributed by atoms with Crippen molar-refractivity contribution in [3.63, 3.8) is 0 Å². The average Bonchev–Trinajstić information content (AvgIpc) is 3.77. The lowest BCUT2D eigenvalue weighted by molar-refractivity contribution is -0.134. The maximum absolute atomic E-state index is 15.8. The highest BCUT2D eigenvalue weighted by Gasteiger charge is 2.48. The number of carbonyl (C=O) groups is 2. The van der Waals surface area contributed by atoms with Crippen molar-refractivity contribution < 1.29 is 18.4 Å². The van der Waals surface area contributed by atoms with E-state index >= 15 is 4.39 Å². The standard InChI is InChI=1S/C30H29F2N7O2/c31-20-6-4-19(5-7-20)28-24-13-21(8-9-25(24)35-36-28)34-29(41)30(32)10-12-37(18-30)17-27(40)39-16-22-14-23(39)15-38(22)26-3-1-2-11-33-26/h1-9,11,13,22-23H,10,12,14-18H2,(H,34,41)(H,35,36)/t22-,23-,30?/m0/s1. The van der Waals surface area contributed by atoms with E-state index in [0.29, 0.717) is 24.5 Å². The van der Waals surface area contributed by atoms with Crippen LogP contribution in [0, 0.1) is 5.82 Å². The molecular formula is C30H29F2N7O2. The van der Waals surface area contributed by atoms with Crippen LogP contribution in [-0.4, -0.2) is 87.3 Å². The molecule has 1 unspecified atom stereocenters. The maximum atomic E-state index is 15.8. The molecule has 41 heavy (non-hydrogen) atoms. The Labute approximate surface area is 235 Å². The van der Waals surface area contributed by atoms with Crippen molar-refractivity contribution in [3.05, 3.63) is 72.7 Å². The summed E-state index contributed by atoms with van der Waals surface area (Å²) in [5.41, 5.74) is 0.391. The minimum Gasteiger partial charge on any atom is -0.350 e. The third kappa shape index (κ3) is 4.69. The van der Waals surface area contributed by atoms with Gasteiger partial charge in [0, 0.05) is 55.4 Å². The van der Waals surface area contributed by atoms with E-state index in [1.807, 2.05) is 23.1 Å². The number of H-pyrrole nitrogens is 1. The van der Waals surface area contributed by atoms with E-state index in [2.05, 4.69) is 25.4 Å². The number of aromatic amines is 1. The number of likely N-dealkylation sites (tertiary alicyclic amines) is 2. The molecular weight excluding hydrogens is 528 g/mol. The number of fused-ring (bicyclic) bond motifs is 3. The number of amides is 2. The van der Waals surface area contributed by atoms with Crippen LogP contribution < -0.4 is 10.2 Å². The van der Waals surface area contributed by atoms with Crippen molar-refractivity contribution in [1.29, 1.82) is 0 Å². The Hall–Kier alpha value is -4.38. The normalized spacial score (nSPS) is 24.0. The van der Waals surface area contributed by atoms with Gasteiger partial charge in [-0.25, -0.2) is 13.8 Å². The van der Waals surface area contributed by atoms with Gasteiger partial charge in [-0.1, -0.05) is 6.07 Å². The molecule has 210 valence electrons.